The lowest BCUT2D eigenvalue weighted by molar-refractivity contribution is -0.142. The van der Waals surface area contributed by atoms with E-state index in [9.17, 15) is 58.8 Å². The molecule has 14 N–H and O–H groups in total. The standard InChI is InChI=1S/2C23H28N4O6.2ClH/c2*1-14(26-22(31)18(24)11-16-7-9-17(28)10-8-16)21(30)25-13-20(29)27-19(23(32)33)12-15-5-3-2-4-6-15;;/h2*2-10,14,18-19,28H,11-13,24H2,1H3,(H,25,30)(H,26,31)(H,27,29)(H,32,33);2*1H/t2*14-,18?,19?;;/m11../s1. The molecule has 4 unspecified atom stereocenters. The van der Waals surface area contributed by atoms with E-state index < -0.39 is 96.7 Å². The minimum absolute atomic E-state index is 0. The van der Waals surface area contributed by atoms with Gasteiger partial charge < -0.3 is 63.8 Å². The van der Waals surface area contributed by atoms with Crippen LogP contribution in [0.3, 0.4) is 0 Å². The van der Waals surface area contributed by atoms with Gasteiger partial charge in [0.25, 0.3) is 0 Å². The molecule has 6 amide bonds. The van der Waals surface area contributed by atoms with Crippen molar-refractivity contribution in [2.45, 2.75) is 75.8 Å². The van der Waals surface area contributed by atoms with Gasteiger partial charge in [0.2, 0.25) is 35.4 Å². The molecule has 0 aromatic heterocycles. The highest BCUT2D eigenvalue weighted by atomic mass is 35.5. The zero-order valence-corrected chi connectivity index (χ0v) is 38.8. The number of carboxylic acids is 2. The number of aromatic hydroxyl groups is 2. The van der Waals surface area contributed by atoms with Crippen LogP contribution >= 0.6 is 24.8 Å². The number of nitrogens with one attached hydrogen (secondary N) is 6. The molecular weight excluding hydrogens is 927 g/mol. The third-order valence-electron chi connectivity index (χ3n) is 9.64. The Morgan fingerprint density at radius 2 is 0.735 bits per heavy atom. The monoisotopic (exact) mass is 984 g/mol. The van der Waals surface area contributed by atoms with Gasteiger partial charge in [-0.3, -0.25) is 28.8 Å². The van der Waals surface area contributed by atoms with E-state index in [1.807, 2.05) is 0 Å². The summed E-state index contributed by atoms with van der Waals surface area (Å²) in [4.78, 5) is 96.1. The van der Waals surface area contributed by atoms with Crippen LogP contribution in [-0.4, -0.2) is 117 Å². The van der Waals surface area contributed by atoms with Crippen molar-refractivity contribution in [2.24, 2.45) is 11.5 Å². The predicted octanol–water partition coefficient (Wildman–Crippen LogP) is 0.234. The second-order valence-corrected chi connectivity index (χ2v) is 15.1. The lowest BCUT2D eigenvalue weighted by Crippen LogP contribution is -2.52. The highest BCUT2D eigenvalue weighted by Crippen LogP contribution is 2.12. The van der Waals surface area contributed by atoms with Crippen LogP contribution in [0.15, 0.2) is 109 Å². The van der Waals surface area contributed by atoms with Gasteiger partial charge in [0.15, 0.2) is 0 Å². The minimum Gasteiger partial charge on any atom is -0.508 e. The van der Waals surface area contributed by atoms with Crippen LogP contribution < -0.4 is 43.4 Å². The molecule has 0 bridgehead atoms. The van der Waals surface area contributed by atoms with E-state index in [0.29, 0.717) is 0 Å². The molecule has 20 nitrogen and oxygen atoms in total. The molecule has 22 heteroatoms. The summed E-state index contributed by atoms with van der Waals surface area (Å²) < 4.78 is 0. The number of benzene rings is 4. The van der Waals surface area contributed by atoms with Gasteiger partial charge in [-0.25, -0.2) is 9.59 Å². The van der Waals surface area contributed by atoms with Gasteiger partial charge in [-0.05, 0) is 73.2 Å². The zero-order chi connectivity index (χ0) is 48.8. The van der Waals surface area contributed by atoms with Crippen molar-refractivity contribution in [3.63, 3.8) is 0 Å². The topological polar surface area (TPSA) is 342 Å². The average Bonchev–Trinajstić information content (AvgIpc) is 3.29. The van der Waals surface area contributed by atoms with E-state index in [-0.39, 0.29) is 62.0 Å². The molecule has 0 aliphatic rings. The van der Waals surface area contributed by atoms with E-state index in [1.165, 1.54) is 38.1 Å². The number of hydrogen-bond acceptors (Lipinski definition) is 12. The molecule has 0 fully saturated rings. The summed E-state index contributed by atoms with van der Waals surface area (Å²) in [5.74, 6) is -5.88. The number of carbonyl (C=O) groups is 8. The normalized spacial score (nSPS) is 12.9. The number of carbonyl (C=O) groups excluding carboxylic acids is 6. The van der Waals surface area contributed by atoms with Gasteiger partial charge in [0, 0.05) is 12.8 Å². The summed E-state index contributed by atoms with van der Waals surface area (Å²) in [6.07, 6.45) is 0.615. The Bertz CT molecular complexity index is 2100. The fourth-order valence-electron chi connectivity index (χ4n) is 5.96. The molecule has 68 heavy (non-hydrogen) atoms. The van der Waals surface area contributed by atoms with Gasteiger partial charge in [-0.1, -0.05) is 84.9 Å². The Hall–Kier alpha value is -7.26. The van der Waals surface area contributed by atoms with Gasteiger partial charge in [0.1, 0.15) is 35.7 Å². The molecule has 368 valence electrons. The Kier molecular flexibility index (Phi) is 26.0. The first-order valence-corrected chi connectivity index (χ1v) is 20.7. The molecule has 0 saturated carbocycles. The molecule has 4 aromatic rings. The molecule has 0 aliphatic heterocycles. The second-order valence-electron chi connectivity index (χ2n) is 15.1. The van der Waals surface area contributed by atoms with Crippen LogP contribution in [0.2, 0.25) is 0 Å². The highest BCUT2D eigenvalue weighted by Gasteiger charge is 2.25. The quantitative estimate of drug-likeness (QED) is 0.0502. The third kappa shape index (κ3) is 21.8. The zero-order valence-electron chi connectivity index (χ0n) is 37.1. The van der Waals surface area contributed by atoms with Crippen molar-refractivity contribution in [3.8, 4) is 11.5 Å². The van der Waals surface area contributed by atoms with Crippen molar-refractivity contribution >= 4 is 72.2 Å². The number of amides is 6. The number of phenolic OH excluding ortho intramolecular Hbond substituents is 2. The van der Waals surface area contributed by atoms with Crippen LogP contribution in [0.4, 0.5) is 0 Å². The van der Waals surface area contributed by atoms with E-state index in [4.69, 9.17) is 11.5 Å². The minimum atomic E-state index is -1.19. The maximum atomic E-state index is 12.3. The summed E-state index contributed by atoms with van der Waals surface area (Å²) in [6, 6.07) is 24.1. The largest absolute Gasteiger partial charge is 0.508 e. The van der Waals surface area contributed by atoms with Crippen LogP contribution in [0.25, 0.3) is 0 Å². The van der Waals surface area contributed by atoms with Crippen molar-refractivity contribution in [3.05, 3.63) is 131 Å². The fraction of sp³-hybridized carbons (Fsp3) is 0.304. The van der Waals surface area contributed by atoms with Crippen LogP contribution in [0.1, 0.15) is 36.1 Å². The third-order valence-corrected chi connectivity index (χ3v) is 9.64. The van der Waals surface area contributed by atoms with E-state index in [1.54, 1.807) is 84.9 Å². The Morgan fingerprint density at radius 1 is 0.441 bits per heavy atom. The van der Waals surface area contributed by atoms with Crippen LogP contribution in [0.5, 0.6) is 11.5 Å². The summed E-state index contributed by atoms with van der Waals surface area (Å²) in [5.41, 5.74) is 14.7. The first kappa shape index (κ1) is 58.8. The summed E-state index contributed by atoms with van der Waals surface area (Å²) >= 11 is 0. The first-order chi connectivity index (χ1) is 31.3. The molecule has 0 radical (unpaired) electrons. The Balaban J connectivity index is 0.000000661. The van der Waals surface area contributed by atoms with E-state index in [2.05, 4.69) is 31.9 Å². The van der Waals surface area contributed by atoms with Crippen LogP contribution in [0, 0.1) is 0 Å². The van der Waals surface area contributed by atoms with Crippen molar-refractivity contribution in [1.29, 1.82) is 0 Å². The number of nitrogens with two attached hydrogens (primary N) is 2. The first-order valence-electron chi connectivity index (χ1n) is 20.7. The maximum absolute atomic E-state index is 12.3. The fourth-order valence-corrected chi connectivity index (χ4v) is 5.96. The molecule has 0 saturated heterocycles. The second kappa shape index (κ2) is 30.1. The van der Waals surface area contributed by atoms with E-state index in [0.717, 1.165) is 22.3 Å². The number of phenols is 2. The lowest BCUT2D eigenvalue weighted by Gasteiger charge is -2.18. The number of halogens is 2. The number of aliphatic carboxylic acids is 2. The molecule has 0 aliphatic carbocycles. The average molecular weight is 986 g/mol. The summed E-state index contributed by atoms with van der Waals surface area (Å²) in [6.45, 7) is 1.98. The molecule has 4 rings (SSSR count). The maximum Gasteiger partial charge on any atom is 0.326 e. The molecule has 0 heterocycles. The van der Waals surface area contributed by atoms with Crippen molar-refractivity contribution < 1.29 is 58.8 Å². The summed E-state index contributed by atoms with van der Waals surface area (Å²) in [7, 11) is 0. The smallest absolute Gasteiger partial charge is 0.326 e. The number of rotatable bonds is 22. The summed E-state index contributed by atoms with van der Waals surface area (Å²) in [5, 5.41) is 51.7. The molecular formula is C46H58Cl2N8O12. The molecule has 6 atom stereocenters. The highest BCUT2D eigenvalue weighted by molar-refractivity contribution is 5.93. The van der Waals surface area contributed by atoms with Gasteiger partial charge in [0.05, 0.1) is 25.2 Å². The Morgan fingerprint density at radius 3 is 1.03 bits per heavy atom. The van der Waals surface area contributed by atoms with Gasteiger partial charge in [-0.15, -0.1) is 24.8 Å². The molecule has 0 spiro atoms. The Labute approximate surface area is 404 Å². The molecule has 4 aromatic carbocycles. The van der Waals surface area contributed by atoms with Crippen LogP contribution in [-0.2, 0) is 64.0 Å². The number of carboxylic acid groups (broad SMARTS) is 2. The van der Waals surface area contributed by atoms with E-state index >= 15 is 0 Å². The van der Waals surface area contributed by atoms with Crippen molar-refractivity contribution in [2.75, 3.05) is 13.1 Å². The SMILES string of the molecule is C[C@@H](NC(=O)C(N)Cc1ccc(O)cc1)C(=O)NCC(=O)NC(Cc1ccccc1)C(=O)O.C[C@@H](NC(=O)C(N)Cc1ccc(O)cc1)C(=O)NCC(=O)NC(Cc1ccccc1)C(=O)O.Cl.Cl. The number of hydrogen-bond donors (Lipinski definition) is 12. The lowest BCUT2D eigenvalue weighted by atomic mass is 10.1. The predicted molar refractivity (Wildman–Crippen MR) is 255 cm³/mol. The van der Waals surface area contributed by atoms with Gasteiger partial charge >= 0.3 is 11.9 Å². The van der Waals surface area contributed by atoms with Gasteiger partial charge in [-0.2, -0.15) is 0 Å². The van der Waals surface area contributed by atoms with Crippen molar-refractivity contribution in [1.82, 2.24) is 31.9 Å².